The van der Waals surface area contributed by atoms with Gasteiger partial charge in [0.05, 0.1) is 17.3 Å². The number of piperidine rings is 1. The molecule has 148 valence electrons. The number of carbonyl (C=O) groups excluding carboxylic acids is 1. The van der Waals surface area contributed by atoms with Gasteiger partial charge in [0.2, 0.25) is 0 Å². The van der Waals surface area contributed by atoms with Gasteiger partial charge in [-0.2, -0.15) is 18.3 Å². The van der Waals surface area contributed by atoms with Crippen LogP contribution in [0.5, 0.6) is 0 Å². The van der Waals surface area contributed by atoms with Crippen LogP contribution in [0.25, 0.3) is 0 Å². The third-order valence-electron chi connectivity index (χ3n) is 4.60. The maximum absolute atomic E-state index is 13.5. The van der Waals surface area contributed by atoms with Crippen LogP contribution in [0.3, 0.4) is 0 Å². The minimum Gasteiger partial charge on any atom is -0.352 e. The second-order valence-electron chi connectivity index (χ2n) is 8.14. The Kier molecular flexibility index (Phi) is 6.37. The van der Waals surface area contributed by atoms with E-state index in [1.54, 1.807) is 20.8 Å². The van der Waals surface area contributed by atoms with Crippen LogP contribution in [0.4, 0.5) is 13.2 Å². The highest BCUT2D eigenvalue weighted by molar-refractivity contribution is 5.95. The SMILES string of the molecule is CC1CCCN(CCCNC(=O)c2cnn(C(C)(C)C)c2C(F)(F)F)C1. The summed E-state index contributed by atoms with van der Waals surface area (Å²) in [6, 6.07) is 0. The highest BCUT2D eigenvalue weighted by atomic mass is 19.4. The van der Waals surface area contributed by atoms with Crippen molar-refractivity contribution in [2.24, 2.45) is 5.92 Å². The molecule has 1 amide bonds. The van der Waals surface area contributed by atoms with E-state index in [4.69, 9.17) is 0 Å². The Morgan fingerprint density at radius 1 is 1.35 bits per heavy atom. The topological polar surface area (TPSA) is 50.2 Å². The molecule has 5 nitrogen and oxygen atoms in total. The summed E-state index contributed by atoms with van der Waals surface area (Å²) >= 11 is 0. The zero-order valence-corrected chi connectivity index (χ0v) is 16.0. The molecule has 0 aromatic carbocycles. The highest BCUT2D eigenvalue weighted by Gasteiger charge is 2.42. The van der Waals surface area contributed by atoms with Crippen molar-refractivity contribution in [1.29, 1.82) is 0 Å². The Morgan fingerprint density at radius 3 is 2.62 bits per heavy atom. The normalized spacial score (nSPS) is 19.6. The van der Waals surface area contributed by atoms with Gasteiger partial charge < -0.3 is 10.2 Å². The zero-order chi connectivity index (χ0) is 19.5. The van der Waals surface area contributed by atoms with Crippen molar-refractivity contribution in [2.45, 2.75) is 58.7 Å². The van der Waals surface area contributed by atoms with E-state index in [9.17, 15) is 18.0 Å². The fourth-order valence-electron chi connectivity index (χ4n) is 3.39. The van der Waals surface area contributed by atoms with E-state index >= 15 is 0 Å². The van der Waals surface area contributed by atoms with E-state index in [2.05, 4.69) is 22.2 Å². The number of hydrogen-bond acceptors (Lipinski definition) is 3. The molecule has 0 spiro atoms. The second-order valence-corrected chi connectivity index (χ2v) is 8.14. The molecule has 1 saturated heterocycles. The maximum Gasteiger partial charge on any atom is 0.433 e. The van der Waals surface area contributed by atoms with Gasteiger partial charge in [0.25, 0.3) is 5.91 Å². The van der Waals surface area contributed by atoms with Crippen LogP contribution in [-0.4, -0.2) is 46.8 Å². The van der Waals surface area contributed by atoms with E-state index in [1.807, 2.05) is 0 Å². The van der Waals surface area contributed by atoms with Crippen LogP contribution >= 0.6 is 0 Å². The molecule has 1 fully saturated rings. The van der Waals surface area contributed by atoms with Gasteiger partial charge in [-0.05, 0) is 59.0 Å². The van der Waals surface area contributed by atoms with Gasteiger partial charge in [-0.1, -0.05) is 6.92 Å². The quantitative estimate of drug-likeness (QED) is 0.803. The molecule has 1 unspecified atom stereocenters. The number of carbonyl (C=O) groups is 1. The number of amides is 1. The van der Waals surface area contributed by atoms with Crippen LogP contribution < -0.4 is 5.32 Å². The second kappa shape index (κ2) is 7.98. The lowest BCUT2D eigenvalue weighted by molar-refractivity contribution is -0.146. The molecule has 1 aliphatic rings. The van der Waals surface area contributed by atoms with Gasteiger partial charge in [-0.25, -0.2) is 0 Å². The third-order valence-corrected chi connectivity index (χ3v) is 4.60. The summed E-state index contributed by atoms with van der Waals surface area (Å²) in [6.45, 7) is 10.4. The van der Waals surface area contributed by atoms with Crippen LogP contribution in [0.15, 0.2) is 6.20 Å². The molecule has 1 aromatic rings. The molecule has 1 aromatic heterocycles. The maximum atomic E-state index is 13.5. The first kappa shape index (κ1) is 20.7. The Balaban J connectivity index is 1.96. The molecule has 26 heavy (non-hydrogen) atoms. The van der Waals surface area contributed by atoms with E-state index in [-0.39, 0.29) is 0 Å². The Morgan fingerprint density at radius 2 is 2.04 bits per heavy atom. The molecule has 0 radical (unpaired) electrons. The molecule has 1 aliphatic heterocycles. The zero-order valence-electron chi connectivity index (χ0n) is 16.0. The van der Waals surface area contributed by atoms with Gasteiger partial charge in [0.1, 0.15) is 0 Å². The Hall–Kier alpha value is -1.57. The van der Waals surface area contributed by atoms with E-state index < -0.39 is 28.9 Å². The lowest BCUT2D eigenvalue weighted by atomic mass is 10.0. The molecule has 8 heteroatoms. The van der Waals surface area contributed by atoms with Crippen molar-refractivity contribution >= 4 is 5.91 Å². The number of hydrogen-bond donors (Lipinski definition) is 1. The number of likely N-dealkylation sites (tertiary alicyclic amines) is 1. The first-order valence-corrected chi connectivity index (χ1v) is 9.16. The van der Waals surface area contributed by atoms with Gasteiger partial charge >= 0.3 is 6.18 Å². The fourth-order valence-corrected chi connectivity index (χ4v) is 3.39. The summed E-state index contributed by atoms with van der Waals surface area (Å²) in [4.78, 5) is 14.6. The van der Waals surface area contributed by atoms with Crippen molar-refractivity contribution in [2.75, 3.05) is 26.2 Å². The number of rotatable bonds is 5. The summed E-state index contributed by atoms with van der Waals surface area (Å²) < 4.78 is 41.2. The number of halogens is 3. The van der Waals surface area contributed by atoms with Gasteiger partial charge in [0, 0.05) is 13.1 Å². The first-order chi connectivity index (χ1) is 12.0. The summed E-state index contributed by atoms with van der Waals surface area (Å²) in [6.07, 6.45) is -0.497. The van der Waals surface area contributed by atoms with Crippen LogP contribution in [0.1, 0.15) is 63.0 Å². The number of nitrogens with one attached hydrogen (secondary N) is 1. The summed E-state index contributed by atoms with van der Waals surface area (Å²) in [5, 5.41) is 6.42. The molecule has 0 saturated carbocycles. The fraction of sp³-hybridized carbons (Fsp3) is 0.778. The first-order valence-electron chi connectivity index (χ1n) is 9.16. The standard InChI is InChI=1S/C18H29F3N4O/c1-13-7-5-9-24(12-13)10-6-8-22-16(26)14-11-23-25(17(2,3)4)15(14)18(19,20)21/h11,13H,5-10,12H2,1-4H3,(H,22,26). The molecular weight excluding hydrogens is 345 g/mol. The third kappa shape index (κ3) is 5.22. The lowest BCUT2D eigenvalue weighted by Gasteiger charge is -2.30. The molecule has 0 bridgehead atoms. The van der Waals surface area contributed by atoms with Crippen LogP contribution in [0.2, 0.25) is 0 Å². The Labute approximate surface area is 152 Å². The molecule has 1 N–H and O–H groups in total. The summed E-state index contributed by atoms with van der Waals surface area (Å²) in [7, 11) is 0. The number of nitrogens with zero attached hydrogens (tertiary/aromatic N) is 3. The summed E-state index contributed by atoms with van der Waals surface area (Å²) in [5.41, 5.74) is -2.28. The largest absolute Gasteiger partial charge is 0.433 e. The molecule has 1 atom stereocenters. The van der Waals surface area contributed by atoms with Crippen molar-refractivity contribution in [1.82, 2.24) is 20.0 Å². The molecular formula is C18H29F3N4O. The predicted octanol–water partition coefficient (Wildman–Crippen LogP) is 3.51. The molecule has 2 rings (SSSR count). The van der Waals surface area contributed by atoms with Gasteiger partial charge in [-0.15, -0.1) is 0 Å². The van der Waals surface area contributed by atoms with E-state index in [1.165, 1.54) is 12.8 Å². The smallest absolute Gasteiger partial charge is 0.352 e. The molecule has 2 heterocycles. The van der Waals surface area contributed by atoms with E-state index in [0.29, 0.717) is 18.9 Å². The van der Waals surface area contributed by atoms with Crippen molar-refractivity contribution in [3.63, 3.8) is 0 Å². The van der Waals surface area contributed by atoms with Crippen molar-refractivity contribution < 1.29 is 18.0 Å². The van der Waals surface area contributed by atoms with Crippen LogP contribution in [0, 0.1) is 5.92 Å². The van der Waals surface area contributed by atoms with Gasteiger partial charge in [-0.3, -0.25) is 9.48 Å². The average Bonchev–Trinajstić information content (AvgIpc) is 2.97. The minimum atomic E-state index is -4.64. The van der Waals surface area contributed by atoms with E-state index in [0.717, 1.165) is 30.5 Å². The van der Waals surface area contributed by atoms with Crippen molar-refractivity contribution in [3.05, 3.63) is 17.5 Å². The highest BCUT2D eigenvalue weighted by Crippen LogP contribution is 2.34. The average molecular weight is 374 g/mol. The predicted molar refractivity (Wildman–Crippen MR) is 94.0 cm³/mol. The summed E-state index contributed by atoms with van der Waals surface area (Å²) in [5.74, 6) is -0.0456. The number of alkyl halides is 3. The molecule has 0 aliphatic carbocycles. The van der Waals surface area contributed by atoms with Gasteiger partial charge in [0.15, 0.2) is 5.69 Å². The monoisotopic (exact) mass is 374 g/mol. The lowest BCUT2D eigenvalue weighted by Crippen LogP contribution is -2.37. The van der Waals surface area contributed by atoms with Crippen molar-refractivity contribution in [3.8, 4) is 0 Å². The number of aromatic nitrogens is 2. The Bertz CT molecular complexity index is 619. The van der Waals surface area contributed by atoms with Crippen LogP contribution in [-0.2, 0) is 11.7 Å². The minimum absolute atomic E-state index is 0.349.